The van der Waals surface area contributed by atoms with E-state index in [1.807, 2.05) is 6.92 Å². The normalized spacial score (nSPS) is 11.2. The monoisotopic (exact) mass is 247 g/mol. The van der Waals surface area contributed by atoms with E-state index in [0.717, 1.165) is 11.1 Å². The fraction of sp³-hybridized carbons (Fsp3) is 0.400. The highest BCUT2D eigenvalue weighted by molar-refractivity contribution is 6.35. The summed E-state index contributed by atoms with van der Waals surface area (Å²) in [5.74, 6) is 0. The molecule has 0 aliphatic rings. The number of nitrogens with zero attached hydrogens (tertiary/aromatic N) is 1. The van der Waals surface area contributed by atoms with Gasteiger partial charge >= 0.3 is 0 Å². The van der Waals surface area contributed by atoms with E-state index in [9.17, 15) is 0 Å². The number of rotatable bonds is 0. The van der Waals surface area contributed by atoms with E-state index in [-0.39, 0.29) is 0 Å². The summed E-state index contributed by atoms with van der Waals surface area (Å²) < 4.78 is 0. The zero-order valence-electron chi connectivity index (χ0n) is 11.3. The zero-order chi connectivity index (χ0) is 12.9. The minimum absolute atomic E-state index is 0.631. The first kappa shape index (κ1) is 12.4. The molecule has 0 aliphatic heterocycles. The number of hydrogen-bond donors (Lipinski definition) is 0. The smallest absolute Gasteiger partial charge is 0.137 e. The van der Waals surface area contributed by atoms with Gasteiger partial charge in [0.25, 0.3) is 0 Å². The quantitative estimate of drug-likeness (QED) is 0.613. The Labute approximate surface area is 108 Å². The predicted molar refractivity (Wildman–Crippen MR) is 75.2 cm³/mol. The summed E-state index contributed by atoms with van der Waals surface area (Å²) in [7, 11) is 0. The van der Waals surface area contributed by atoms with E-state index in [1.165, 1.54) is 33.2 Å². The number of fused-ring (bicyclic) bond motifs is 1. The third kappa shape index (κ3) is 1.64. The van der Waals surface area contributed by atoms with Gasteiger partial charge in [-0.05, 0) is 74.7 Å². The van der Waals surface area contributed by atoms with Gasteiger partial charge in [0.1, 0.15) is 5.15 Å². The number of hydrogen-bond acceptors (Lipinski definition) is 1. The van der Waals surface area contributed by atoms with E-state index in [4.69, 9.17) is 11.6 Å². The third-order valence-corrected chi connectivity index (χ3v) is 4.35. The van der Waals surface area contributed by atoms with Crippen molar-refractivity contribution in [2.24, 2.45) is 0 Å². The second-order valence-corrected chi connectivity index (χ2v) is 5.22. The molecule has 0 unspecified atom stereocenters. The Morgan fingerprint density at radius 1 is 0.647 bits per heavy atom. The highest BCUT2D eigenvalue weighted by Crippen LogP contribution is 2.35. The van der Waals surface area contributed by atoms with Crippen LogP contribution >= 0.6 is 11.6 Å². The molecule has 0 saturated heterocycles. The van der Waals surface area contributed by atoms with Gasteiger partial charge in [-0.3, -0.25) is 0 Å². The Balaban J connectivity index is 3.17. The molecule has 0 radical (unpaired) electrons. The number of benzene rings is 1. The van der Waals surface area contributed by atoms with Crippen LogP contribution in [-0.2, 0) is 0 Å². The molecule has 1 heterocycles. The molecule has 0 N–H and O–H groups in total. The Morgan fingerprint density at radius 2 is 1.12 bits per heavy atom. The number of aromatic nitrogens is 1. The van der Waals surface area contributed by atoms with Crippen molar-refractivity contribution in [1.82, 2.24) is 4.98 Å². The maximum atomic E-state index is 6.32. The van der Waals surface area contributed by atoms with Crippen molar-refractivity contribution in [3.8, 4) is 0 Å². The molecule has 1 aromatic heterocycles. The van der Waals surface area contributed by atoms with Crippen LogP contribution in [0, 0.1) is 41.5 Å². The van der Waals surface area contributed by atoms with Crippen LogP contribution in [0.2, 0.25) is 5.15 Å². The molecule has 0 fully saturated rings. The van der Waals surface area contributed by atoms with Crippen LogP contribution in [0.5, 0.6) is 0 Å². The number of aryl methyl sites for hydroxylation is 4. The summed E-state index contributed by atoms with van der Waals surface area (Å²) >= 11 is 6.32. The average molecular weight is 248 g/mol. The van der Waals surface area contributed by atoms with Gasteiger partial charge < -0.3 is 0 Å². The van der Waals surface area contributed by atoms with Gasteiger partial charge in [-0.15, -0.1) is 0 Å². The molecule has 2 aromatic rings. The molecule has 0 aliphatic carbocycles. The average Bonchev–Trinajstić information content (AvgIpc) is 2.28. The van der Waals surface area contributed by atoms with Crippen molar-refractivity contribution in [3.63, 3.8) is 0 Å². The van der Waals surface area contributed by atoms with Crippen molar-refractivity contribution in [3.05, 3.63) is 38.7 Å². The lowest BCUT2D eigenvalue weighted by atomic mass is 9.90. The molecule has 0 bridgehead atoms. The van der Waals surface area contributed by atoms with Crippen LogP contribution in [0.1, 0.15) is 33.5 Å². The summed E-state index contributed by atoms with van der Waals surface area (Å²) in [6.07, 6.45) is 0. The van der Waals surface area contributed by atoms with E-state index >= 15 is 0 Å². The molecular weight excluding hydrogens is 230 g/mol. The zero-order valence-corrected chi connectivity index (χ0v) is 12.1. The maximum absolute atomic E-state index is 6.32. The molecule has 0 spiro atoms. The van der Waals surface area contributed by atoms with Crippen molar-refractivity contribution in [1.29, 1.82) is 0 Å². The van der Waals surface area contributed by atoms with Crippen molar-refractivity contribution in [2.45, 2.75) is 41.5 Å². The molecule has 90 valence electrons. The lowest BCUT2D eigenvalue weighted by Gasteiger charge is -2.17. The molecule has 2 heteroatoms. The van der Waals surface area contributed by atoms with Crippen LogP contribution < -0.4 is 0 Å². The summed E-state index contributed by atoms with van der Waals surface area (Å²) in [6, 6.07) is 0. The van der Waals surface area contributed by atoms with Crippen LogP contribution in [0.3, 0.4) is 0 Å². The highest BCUT2D eigenvalue weighted by atomic mass is 35.5. The molecular formula is C15H18ClN. The summed E-state index contributed by atoms with van der Waals surface area (Å²) in [5, 5.41) is 3.03. The van der Waals surface area contributed by atoms with Gasteiger partial charge in [-0.2, -0.15) is 0 Å². The first-order valence-corrected chi connectivity index (χ1v) is 6.26. The van der Waals surface area contributed by atoms with E-state index in [0.29, 0.717) is 5.15 Å². The first-order valence-electron chi connectivity index (χ1n) is 5.89. The molecule has 1 aromatic carbocycles. The fourth-order valence-corrected chi connectivity index (χ4v) is 2.87. The third-order valence-electron chi connectivity index (χ3n) is 4.08. The number of pyridine rings is 1. The summed E-state index contributed by atoms with van der Waals surface area (Å²) in [4.78, 5) is 4.44. The lowest BCUT2D eigenvalue weighted by Crippen LogP contribution is -1.99. The Morgan fingerprint density at radius 3 is 1.65 bits per heavy atom. The van der Waals surface area contributed by atoms with Gasteiger partial charge in [0.15, 0.2) is 0 Å². The SMILES string of the molecule is Cc1nc(Cl)c2c(C)c(C)c(C)c(C)c2c1C. The molecule has 0 saturated carbocycles. The first-order chi connectivity index (χ1) is 7.86. The Kier molecular flexibility index (Phi) is 2.90. The summed E-state index contributed by atoms with van der Waals surface area (Å²) in [6.45, 7) is 12.8. The Bertz CT molecular complexity index is 627. The molecule has 17 heavy (non-hydrogen) atoms. The van der Waals surface area contributed by atoms with Gasteiger partial charge in [0, 0.05) is 11.1 Å². The number of halogens is 1. The van der Waals surface area contributed by atoms with E-state index in [2.05, 4.69) is 39.6 Å². The van der Waals surface area contributed by atoms with E-state index in [1.54, 1.807) is 0 Å². The van der Waals surface area contributed by atoms with E-state index < -0.39 is 0 Å². The fourth-order valence-electron chi connectivity index (χ4n) is 2.51. The van der Waals surface area contributed by atoms with Crippen LogP contribution in [0.25, 0.3) is 10.8 Å². The van der Waals surface area contributed by atoms with Gasteiger partial charge in [0.2, 0.25) is 0 Å². The lowest BCUT2D eigenvalue weighted by molar-refractivity contribution is 1.16. The Hall–Kier alpha value is -1.08. The maximum Gasteiger partial charge on any atom is 0.137 e. The van der Waals surface area contributed by atoms with Gasteiger partial charge in [-0.25, -0.2) is 4.98 Å². The standard InChI is InChI=1S/C15H18ClN/c1-7-8(2)10(4)14-13(9(7)3)11(5)12(6)17-15(14)16/h1-6H3. The minimum Gasteiger partial charge on any atom is -0.240 e. The summed E-state index contributed by atoms with van der Waals surface area (Å²) in [5.41, 5.74) is 7.53. The molecule has 0 atom stereocenters. The van der Waals surface area contributed by atoms with Crippen molar-refractivity contribution >= 4 is 22.4 Å². The van der Waals surface area contributed by atoms with Crippen molar-refractivity contribution in [2.75, 3.05) is 0 Å². The van der Waals surface area contributed by atoms with Crippen LogP contribution in [-0.4, -0.2) is 4.98 Å². The van der Waals surface area contributed by atoms with Gasteiger partial charge in [-0.1, -0.05) is 11.6 Å². The second-order valence-electron chi connectivity index (χ2n) is 4.86. The predicted octanol–water partition coefficient (Wildman–Crippen LogP) is 4.74. The minimum atomic E-state index is 0.631. The molecule has 1 nitrogen and oxygen atoms in total. The van der Waals surface area contributed by atoms with Crippen LogP contribution in [0.15, 0.2) is 0 Å². The topological polar surface area (TPSA) is 12.9 Å². The van der Waals surface area contributed by atoms with Gasteiger partial charge in [0.05, 0.1) is 0 Å². The largest absolute Gasteiger partial charge is 0.240 e. The second kappa shape index (κ2) is 3.99. The van der Waals surface area contributed by atoms with Crippen LogP contribution in [0.4, 0.5) is 0 Å². The molecule has 0 amide bonds. The van der Waals surface area contributed by atoms with Crippen molar-refractivity contribution < 1.29 is 0 Å². The highest BCUT2D eigenvalue weighted by Gasteiger charge is 2.15. The molecule has 2 rings (SSSR count).